The average molecular weight is 246 g/mol. The quantitative estimate of drug-likeness (QED) is 0.850. The van der Waals surface area contributed by atoms with E-state index in [0.717, 1.165) is 0 Å². The summed E-state index contributed by atoms with van der Waals surface area (Å²) in [4.78, 5) is 0. The molecule has 0 radical (unpaired) electrons. The average Bonchev–Trinajstić information content (AvgIpc) is 2.28. The molecule has 0 aliphatic rings. The van der Waals surface area contributed by atoms with Gasteiger partial charge in [-0.2, -0.15) is 0 Å². The van der Waals surface area contributed by atoms with Crippen LogP contribution in [0.2, 0.25) is 0 Å². The van der Waals surface area contributed by atoms with Gasteiger partial charge >= 0.3 is 0 Å². The third-order valence-corrected chi connectivity index (χ3v) is 3.19. The summed E-state index contributed by atoms with van der Waals surface area (Å²) < 4.78 is 13.9. The largest absolute Gasteiger partial charge is 0.508 e. The van der Waals surface area contributed by atoms with Gasteiger partial charge in [-0.3, -0.25) is 0 Å². The van der Waals surface area contributed by atoms with Crippen molar-refractivity contribution in [2.75, 3.05) is 0 Å². The number of aromatic hydroxyl groups is 2. The van der Waals surface area contributed by atoms with E-state index < -0.39 is 11.2 Å². The van der Waals surface area contributed by atoms with Gasteiger partial charge in [0.1, 0.15) is 17.3 Å². The topological polar surface area (TPSA) is 40.5 Å². The highest BCUT2D eigenvalue weighted by Gasteiger charge is 2.31. The molecular formula is C15H15FO2. The summed E-state index contributed by atoms with van der Waals surface area (Å²) in [5.74, 6) is -0.503. The number of para-hydroxylation sites is 1. The van der Waals surface area contributed by atoms with Crippen LogP contribution in [0.1, 0.15) is 25.0 Å². The van der Waals surface area contributed by atoms with Gasteiger partial charge in [0, 0.05) is 16.5 Å². The summed E-state index contributed by atoms with van der Waals surface area (Å²) in [6, 6.07) is 11.0. The van der Waals surface area contributed by atoms with Gasteiger partial charge in [0.25, 0.3) is 0 Å². The summed E-state index contributed by atoms with van der Waals surface area (Å²) in [7, 11) is 0. The Morgan fingerprint density at radius 3 is 2.11 bits per heavy atom. The highest BCUT2D eigenvalue weighted by atomic mass is 19.1. The Bertz CT molecular complexity index is 556. The molecule has 94 valence electrons. The molecule has 2 aromatic rings. The lowest BCUT2D eigenvalue weighted by Crippen LogP contribution is -2.21. The summed E-state index contributed by atoms with van der Waals surface area (Å²) >= 11 is 0. The number of phenolic OH excluding ortho intramolecular Hbond substituents is 2. The van der Waals surface area contributed by atoms with Crippen LogP contribution in [0.5, 0.6) is 11.5 Å². The van der Waals surface area contributed by atoms with Crippen molar-refractivity contribution in [3.05, 3.63) is 59.4 Å². The van der Waals surface area contributed by atoms with Gasteiger partial charge in [-0.15, -0.1) is 0 Å². The molecule has 0 fully saturated rings. The molecule has 2 aromatic carbocycles. The fourth-order valence-electron chi connectivity index (χ4n) is 2.27. The van der Waals surface area contributed by atoms with Crippen LogP contribution in [-0.4, -0.2) is 10.2 Å². The molecule has 0 aromatic heterocycles. The molecule has 0 atom stereocenters. The number of hydrogen-bond donors (Lipinski definition) is 2. The van der Waals surface area contributed by atoms with Gasteiger partial charge < -0.3 is 10.2 Å². The molecule has 0 saturated carbocycles. The third kappa shape index (κ3) is 1.92. The van der Waals surface area contributed by atoms with Gasteiger partial charge in [0.15, 0.2) is 0 Å². The van der Waals surface area contributed by atoms with E-state index in [1.165, 1.54) is 18.2 Å². The number of benzene rings is 2. The minimum Gasteiger partial charge on any atom is -0.508 e. The number of rotatable bonds is 2. The lowest BCUT2D eigenvalue weighted by Gasteiger charge is -2.27. The van der Waals surface area contributed by atoms with E-state index in [0.29, 0.717) is 5.56 Å². The van der Waals surface area contributed by atoms with Crippen LogP contribution in [0.25, 0.3) is 0 Å². The van der Waals surface area contributed by atoms with E-state index in [2.05, 4.69) is 0 Å². The third-order valence-electron chi connectivity index (χ3n) is 3.19. The van der Waals surface area contributed by atoms with Gasteiger partial charge in [-0.05, 0) is 18.2 Å². The van der Waals surface area contributed by atoms with E-state index in [9.17, 15) is 14.6 Å². The fourth-order valence-corrected chi connectivity index (χ4v) is 2.27. The van der Waals surface area contributed by atoms with Crippen molar-refractivity contribution in [3.63, 3.8) is 0 Å². The molecule has 0 heterocycles. The Kier molecular flexibility index (Phi) is 2.99. The van der Waals surface area contributed by atoms with Gasteiger partial charge in [-0.1, -0.05) is 38.1 Å². The van der Waals surface area contributed by atoms with Crippen LogP contribution in [0.4, 0.5) is 4.39 Å². The molecule has 0 aliphatic carbocycles. The van der Waals surface area contributed by atoms with Crippen LogP contribution in [-0.2, 0) is 5.41 Å². The van der Waals surface area contributed by atoms with Crippen LogP contribution >= 0.6 is 0 Å². The van der Waals surface area contributed by atoms with Crippen molar-refractivity contribution in [2.24, 2.45) is 0 Å². The minimum atomic E-state index is -0.819. The molecular weight excluding hydrogens is 231 g/mol. The molecule has 0 saturated heterocycles. The highest BCUT2D eigenvalue weighted by Crippen LogP contribution is 2.41. The molecule has 2 N–H and O–H groups in total. The Morgan fingerprint density at radius 2 is 1.50 bits per heavy atom. The molecule has 18 heavy (non-hydrogen) atoms. The predicted molar refractivity (Wildman–Crippen MR) is 68.3 cm³/mol. The van der Waals surface area contributed by atoms with Crippen LogP contribution in [0.15, 0.2) is 42.5 Å². The summed E-state index contributed by atoms with van der Waals surface area (Å²) in [5, 5.41) is 19.7. The zero-order chi connectivity index (χ0) is 13.3. The standard InChI is InChI=1S/C15H15FO2/c1-15(2,10-6-3-4-8-12(10)17)14-11(16)7-5-9-13(14)18/h3-9,17-18H,1-2H3. The first kappa shape index (κ1) is 12.4. The number of hydrogen-bond acceptors (Lipinski definition) is 2. The summed E-state index contributed by atoms with van der Waals surface area (Å²) in [5.41, 5.74) is -0.0577. The Labute approximate surface area is 105 Å². The smallest absolute Gasteiger partial charge is 0.130 e. The maximum Gasteiger partial charge on any atom is 0.130 e. The van der Waals surface area contributed by atoms with Crippen molar-refractivity contribution < 1.29 is 14.6 Å². The van der Waals surface area contributed by atoms with Crippen LogP contribution in [0.3, 0.4) is 0 Å². The zero-order valence-electron chi connectivity index (χ0n) is 10.3. The van der Waals surface area contributed by atoms with Crippen molar-refractivity contribution in [1.82, 2.24) is 0 Å². The maximum atomic E-state index is 13.9. The second-order valence-electron chi connectivity index (χ2n) is 4.78. The highest BCUT2D eigenvalue weighted by molar-refractivity contribution is 5.50. The van der Waals surface area contributed by atoms with E-state index in [4.69, 9.17) is 0 Å². The lowest BCUT2D eigenvalue weighted by atomic mass is 9.77. The first-order valence-corrected chi connectivity index (χ1v) is 5.71. The Morgan fingerprint density at radius 1 is 0.889 bits per heavy atom. The van der Waals surface area contributed by atoms with E-state index in [-0.39, 0.29) is 17.1 Å². The van der Waals surface area contributed by atoms with Crippen molar-refractivity contribution in [3.8, 4) is 11.5 Å². The molecule has 0 amide bonds. The monoisotopic (exact) mass is 246 g/mol. The molecule has 0 bridgehead atoms. The Balaban J connectivity index is 2.66. The number of halogens is 1. The van der Waals surface area contributed by atoms with E-state index >= 15 is 0 Å². The zero-order valence-corrected chi connectivity index (χ0v) is 10.3. The second-order valence-corrected chi connectivity index (χ2v) is 4.78. The van der Waals surface area contributed by atoms with Gasteiger partial charge in [0.05, 0.1) is 0 Å². The normalized spacial score (nSPS) is 11.5. The van der Waals surface area contributed by atoms with Crippen molar-refractivity contribution in [1.29, 1.82) is 0 Å². The molecule has 3 heteroatoms. The van der Waals surface area contributed by atoms with Crippen molar-refractivity contribution >= 4 is 0 Å². The van der Waals surface area contributed by atoms with Gasteiger partial charge in [0.2, 0.25) is 0 Å². The Hall–Kier alpha value is -2.03. The lowest BCUT2D eigenvalue weighted by molar-refractivity contribution is 0.423. The summed E-state index contributed by atoms with van der Waals surface area (Å²) in [6.07, 6.45) is 0. The molecule has 0 aliphatic heterocycles. The van der Waals surface area contributed by atoms with E-state index in [1.54, 1.807) is 38.1 Å². The molecule has 0 spiro atoms. The molecule has 0 unspecified atom stereocenters. The molecule has 2 nitrogen and oxygen atoms in total. The second kappa shape index (κ2) is 4.33. The maximum absolute atomic E-state index is 13.9. The van der Waals surface area contributed by atoms with Crippen LogP contribution in [0, 0.1) is 5.82 Å². The van der Waals surface area contributed by atoms with E-state index in [1.807, 2.05) is 0 Å². The number of phenols is 2. The summed E-state index contributed by atoms with van der Waals surface area (Å²) in [6.45, 7) is 3.53. The molecule has 2 rings (SSSR count). The first-order valence-electron chi connectivity index (χ1n) is 5.71. The fraction of sp³-hybridized carbons (Fsp3) is 0.200. The van der Waals surface area contributed by atoms with Crippen LogP contribution < -0.4 is 0 Å². The van der Waals surface area contributed by atoms with Gasteiger partial charge in [-0.25, -0.2) is 4.39 Å². The van der Waals surface area contributed by atoms with Crippen molar-refractivity contribution in [2.45, 2.75) is 19.3 Å². The first-order chi connectivity index (χ1) is 8.44. The minimum absolute atomic E-state index is 0.0881. The SMILES string of the molecule is CC(C)(c1ccccc1O)c1c(O)cccc1F. The predicted octanol–water partition coefficient (Wildman–Crippen LogP) is 3.56.